The second kappa shape index (κ2) is 8.84. The quantitative estimate of drug-likeness (QED) is 0.475. The summed E-state index contributed by atoms with van der Waals surface area (Å²) in [6.45, 7) is 7.31. The number of hydrogen-bond donors (Lipinski definition) is 2. The van der Waals surface area contributed by atoms with E-state index in [2.05, 4.69) is 4.98 Å². The van der Waals surface area contributed by atoms with Crippen molar-refractivity contribution in [1.82, 2.24) is 9.55 Å². The van der Waals surface area contributed by atoms with Crippen LogP contribution in [0.1, 0.15) is 18.7 Å². The predicted molar refractivity (Wildman–Crippen MR) is 101 cm³/mol. The lowest BCUT2D eigenvalue weighted by Gasteiger charge is -2.24. The molecule has 0 unspecified atom stereocenters. The van der Waals surface area contributed by atoms with Crippen LogP contribution in [0.5, 0.6) is 0 Å². The molecule has 0 aromatic carbocycles. The van der Waals surface area contributed by atoms with Crippen LogP contribution in [0.4, 0.5) is 0 Å². The van der Waals surface area contributed by atoms with Crippen LogP contribution >= 0.6 is 7.14 Å². The molecule has 0 spiro atoms. The van der Waals surface area contributed by atoms with Gasteiger partial charge in [0.05, 0.1) is 26.5 Å². The molecule has 1 aliphatic heterocycles. The molecule has 10 heteroatoms. The third-order valence-electron chi connectivity index (χ3n) is 4.56. The van der Waals surface area contributed by atoms with E-state index in [0.717, 1.165) is 0 Å². The van der Waals surface area contributed by atoms with Crippen molar-refractivity contribution in [1.29, 1.82) is 0 Å². The highest BCUT2D eigenvalue weighted by molar-refractivity contribution is 7.62. The summed E-state index contributed by atoms with van der Waals surface area (Å²) in [4.78, 5) is 26.2. The standard InChI is InChI=1S/C17H29N2O7P/c1-10-8-19(17(22)18-15(10)21)16-14(25-7-6-24-3)12(20)13(26-16)11(2)9-27(4,5)23/h8,11-14,16,20H,6-7,9H2,1-5H3,(H,18,21,22)/t11-,12-,13-,14-,16-/m1/s1. The second-order valence-corrected chi connectivity index (χ2v) is 11.0. The molecule has 1 fully saturated rings. The average molecular weight is 404 g/mol. The zero-order chi connectivity index (χ0) is 20.4. The largest absolute Gasteiger partial charge is 0.387 e. The second-order valence-electron chi connectivity index (χ2n) is 7.52. The Labute approximate surface area is 158 Å². The molecule has 0 radical (unpaired) electrons. The molecule has 0 saturated carbocycles. The number of aromatic nitrogens is 2. The number of aliphatic hydroxyl groups excluding tert-OH is 1. The molecule has 0 amide bonds. The van der Waals surface area contributed by atoms with Crippen molar-refractivity contribution in [2.45, 2.75) is 38.4 Å². The maximum Gasteiger partial charge on any atom is 0.330 e. The van der Waals surface area contributed by atoms with Gasteiger partial charge in [0, 0.05) is 25.0 Å². The minimum Gasteiger partial charge on any atom is -0.387 e. The molecule has 9 nitrogen and oxygen atoms in total. The normalized spacial score (nSPS) is 27.0. The van der Waals surface area contributed by atoms with Crippen LogP contribution in [0.25, 0.3) is 0 Å². The fourth-order valence-electron chi connectivity index (χ4n) is 3.39. The molecule has 0 aliphatic carbocycles. The fourth-order valence-corrected chi connectivity index (χ4v) is 4.99. The van der Waals surface area contributed by atoms with Gasteiger partial charge in [-0.1, -0.05) is 6.92 Å². The van der Waals surface area contributed by atoms with Gasteiger partial charge in [0.15, 0.2) is 6.23 Å². The van der Waals surface area contributed by atoms with Gasteiger partial charge in [-0.3, -0.25) is 14.3 Å². The Bertz CT molecular complexity index is 799. The zero-order valence-electron chi connectivity index (χ0n) is 16.4. The first-order chi connectivity index (χ1) is 12.5. The lowest BCUT2D eigenvalue weighted by molar-refractivity contribution is -0.0818. The maximum atomic E-state index is 12.3. The van der Waals surface area contributed by atoms with Crippen molar-refractivity contribution in [3.8, 4) is 0 Å². The average Bonchev–Trinajstić information content (AvgIpc) is 2.87. The molecule has 1 aromatic heterocycles. The minimum absolute atomic E-state index is 0.205. The molecule has 5 atom stereocenters. The number of hydrogen-bond acceptors (Lipinski definition) is 7. The molecule has 2 heterocycles. The first kappa shape index (κ1) is 22.0. The van der Waals surface area contributed by atoms with Crippen molar-refractivity contribution < 1.29 is 23.9 Å². The van der Waals surface area contributed by atoms with E-state index < -0.39 is 42.9 Å². The summed E-state index contributed by atoms with van der Waals surface area (Å²) in [5, 5.41) is 10.8. The van der Waals surface area contributed by atoms with Gasteiger partial charge in [-0.25, -0.2) is 4.79 Å². The third-order valence-corrected chi connectivity index (χ3v) is 6.01. The highest BCUT2D eigenvalue weighted by atomic mass is 31.2. The summed E-state index contributed by atoms with van der Waals surface area (Å²) in [7, 11) is -0.799. The number of methoxy groups -OCH3 is 1. The number of nitrogens with one attached hydrogen (secondary N) is 1. The van der Waals surface area contributed by atoms with E-state index in [1.54, 1.807) is 20.3 Å². The summed E-state index contributed by atoms with van der Waals surface area (Å²) in [5.41, 5.74) is -0.783. The van der Waals surface area contributed by atoms with Crippen molar-refractivity contribution >= 4 is 7.14 Å². The van der Waals surface area contributed by atoms with E-state index in [1.165, 1.54) is 17.9 Å². The van der Waals surface area contributed by atoms with Crippen LogP contribution in [-0.4, -0.2) is 72.8 Å². The number of H-pyrrole nitrogens is 1. The van der Waals surface area contributed by atoms with Gasteiger partial charge < -0.3 is 23.9 Å². The van der Waals surface area contributed by atoms with Gasteiger partial charge in [-0.2, -0.15) is 0 Å². The van der Waals surface area contributed by atoms with E-state index >= 15 is 0 Å². The molecule has 0 bridgehead atoms. The molecule has 2 rings (SSSR count). The smallest absolute Gasteiger partial charge is 0.330 e. The lowest BCUT2D eigenvalue weighted by Crippen LogP contribution is -2.40. The third kappa shape index (κ3) is 5.39. The molecular weight excluding hydrogens is 375 g/mol. The Morgan fingerprint density at radius 2 is 2.04 bits per heavy atom. The van der Waals surface area contributed by atoms with Gasteiger partial charge in [0.2, 0.25) is 0 Å². The van der Waals surface area contributed by atoms with Crippen LogP contribution in [-0.2, 0) is 18.8 Å². The minimum atomic E-state index is -2.33. The van der Waals surface area contributed by atoms with Crippen LogP contribution < -0.4 is 11.2 Å². The molecule has 27 heavy (non-hydrogen) atoms. The van der Waals surface area contributed by atoms with Gasteiger partial charge >= 0.3 is 5.69 Å². The number of aliphatic hydroxyl groups is 1. The number of rotatable bonds is 8. The van der Waals surface area contributed by atoms with Crippen LogP contribution in [0.2, 0.25) is 0 Å². The van der Waals surface area contributed by atoms with Crippen molar-refractivity contribution in [2.24, 2.45) is 5.92 Å². The Kier molecular flexibility index (Phi) is 7.21. The molecular formula is C17H29N2O7P. The van der Waals surface area contributed by atoms with Gasteiger partial charge in [0.1, 0.15) is 12.2 Å². The summed E-state index contributed by atoms with van der Waals surface area (Å²) < 4.78 is 30.1. The van der Waals surface area contributed by atoms with Crippen molar-refractivity contribution in [3.63, 3.8) is 0 Å². The Balaban J connectivity index is 2.35. The highest BCUT2D eigenvalue weighted by Gasteiger charge is 2.48. The summed E-state index contributed by atoms with van der Waals surface area (Å²) in [6, 6.07) is 0. The van der Waals surface area contributed by atoms with E-state index in [0.29, 0.717) is 18.3 Å². The van der Waals surface area contributed by atoms with Crippen molar-refractivity contribution in [2.75, 3.05) is 39.8 Å². The Morgan fingerprint density at radius 1 is 1.37 bits per heavy atom. The Morgan fingerprint density at radius 3 is 2.63 bits per heavy atom. The fraction of sp³-hybridized carbons (Fsp3) is 0.765. The molecule has 1 aromatic rings. The predicted octanol–water partition coefficient (Wildman–Crippen LogP) is 0.394. The van der Waals surface area contributed by atoms with Crippen molar-refractivity contribution in [3.05, 3.63) is 32.6 Å². The SMILES string of the molecule is COCCO[C@@H]1[C@H](O)[C@@H]([C@H](C)CP(C)(C)=O)O[C@H]1n1cc(C)c(=O)[nH]c1=O. The lowest BCUT2D eigenvalue weighted by atomic mass is 10.00. The first-order valence-corrected chi connectivity index (χ1v) is 11.6. The summed E-state index contributed by atoms with van der Waals surface area (Å²) in [5.74, 6) is -0.209. The number of ether oxygens (including phenoxy) is 3. The van der Waals surface area contributed by atoms with E-state index in [9.17, 15) is 19.3 Å². The topological polar surface area (TPSA) is 120 Å². The van der Waals surface area contributed by atoms with Gasteiger partial charge in [0.25, 0.3) is 5.56 Å². The molecule has 154 valence electrons. The van der Waals surface area contributed by atoms with Crippen LogP contribution in [0.3, 0.4) is 0 Å². The summed E-state index contributed by atoms with van der Waals surface area (Å²) >= 11 is 0. The molecule has 1 aliphatic rings. The Hall–Kier alpha value is -1.25. The van der Waals surface area contributed by atoms with E-state index in [4.69, 9.17) is 14.2 Å². The number of aromatic amines is 1. The zero-order valence-corrected chi connectivity index (χ0v) is 17.3. The van der Waals surface area contributed by atoms with E-state index in [1.807, 2.05) is 6.92 Å². The maximum absolute atomic E-state index is 12.3. The number of aryl methyl sites for hydroxylation is 1. The van der Waals surface area contributed by atoms with Crippen LogP contribution in [0, 0.1) is 12.8 Å². The number of nitrogens with zero attached hydrogens (tertiary/aromatic N) is 1. The van der Waals surface area contributed by atoms with Crippen LogP contribution in [0.15, 0.2) is 15.8 Å². The monoisotopic (exact) mass is 404 g/mol. The van der Waals surface area contributed by atoms with E-state index in [-0.39, 0.29) is 12.5 Å². The highest BCUT2D eigenvalue weighted by Crippen LogP contribution is 2.42. The molecule has 2 N–H and O–H groups in total. The molecule has 1 saturated heterocycles. The summed E-state index contributed by atoms with van der Waals surface area (Å²) in [6.07, 6.45) is -1.64. The van der Waals surface area contributed by atoms with Gasteiger partial charge in [-0.05, 0) is 26.2 Å². The van der Waals surface area contributed by atoms with Gasteiger partial charge in [-0.15, -0.1) is 0 Å². The first-order valence-electron chi connectivity index (χ1n) is 8.85.